The summed E-state index contributed by atoms with van der Waals surface area (Å²) in [6.45, 7) is 0.573. The molecule has 2 aromatic heterocycles. The normalized spacial score (nSPS) is 12.1. The Morgan fingerprint density at radius 3 is 3.06 bits per heavy atom. The lowest BCUT2D eigenvalue weighted by molar-refractivity contribution is -0.143. The van der Waals surface area contributed by atoms with Crippen LogP contribution in [-0.2, 0) is 16.1 Å². The number of nitrogens with zero attached hydrogens (tertiary/aromatic N) is 1. The van der Waals surface area contributed by atoms with Crippen molar-refractivity contribution in [3.8, 4) is 0 Å². The highest BCUT2D eigenvalue weighted by Gasteiger charge is 2.20. The second-order valence-corrected chi connectivity index (χ2v) is 4.54. The molecule has 2 heterocycles. The maximum absolute atomic E-state index is 11.7. The van der Waals surface area contributed by atoms with Crippen LogP contribution in [0, 0.1) is 0 Å². The van der Waals surface area contributed by atoms with Gasteiger partial charge < -0.3 is 4.74 Å². The third-order valence-electron chi connectivity index (χ3n) is 2.55. The van der Waals surface area contributed by atoms with E-state index in [0.717, 1.165) is 11.1 Å². The van der Waals surface area contributed by atoms with Crippen molar-refractivity contribution in [2.24, 2.45) is 0 Å². The van der Waals surface area contributed by atoms with Crippen molar-refractivity contribution in [2.45, 2.75) is 12.6 Å². The van der Waals surface area contributed by atoms with Gasteiger partial charge in [0.05, 0.1) is 7.11 Å². The van der Waals surface area contributed by atoms with E-state index in [-0.39, 0.29) is 5.97 Å². The first-order valence-electron chi connectivity index (χ1n) is 5.53. The molecule has 0 saturated carbocycles. The van der Waals surface area contributed by atoms with Crippen LogP contribution in [0.15, 0.2) is 41.4 Å². The number of carbonyl (C=O) groups excluding carboxylic acids is 1. The number of esters is 1. The standard InChI is InChI=1S/C13H14N2O2S/c1-17-13(16)12(11-4-6-18-9-11)15-8-10-3-2-5-14-7-10/h2-7,9,12,15H,8H2,1H3/t12-/m0/s1. The van der Waals surface area contributed by atoms with Crippen molar-refractivity contribution in [3.63, 3.8) is 0 Å². The molecule has 1 N–H and O–H groups in total. The molecule has 1 atom stereocenters. The minimum atomic E-state index is -0.429. The molecule has 4 nitrogen and oxygen atoms in total. The SMILES string of the molecule is COC(=O)[C@@H](NCc1cccnc1)c1ccsc1. The summed E-state index contributed by atoms with van der Waals surface area (Å²) >= 11 is 1.56. The number of methoxy groups -OCH3 is 1. The zero-order valence-corrected chi connectivity index (χ0v) is 10.8. The molecule has 5 heteroatoms. The fraction of sp³-hybridized carbons (Fsp3) is 0.231. The third kappa shape index (κ3) is 3.15. The molecule has 2 rings (SSSR count). The van der Waals surface area contributed by atoms with Crippen molar-refractivity contribution < 1.29 is 9.53 Å². The van der Waals surface area contributed by atoms with Gasteiger partial charge in [0.2, 0.25) is 0 Å². The zero-order valence-electron chi connectivity index (χ0n) is 10.00. The lowest BCUT2D eigenvalue weighted by Gasteiger charge is -2.15. The Morgan fingerprint density at radius 2 is 2.44 bits per heavy atom. The molecular formula is C13H14N2O2S. The molecule has 18 heavy (non-hydrogen) atoms. The molecule has 0 fully saturated rings. The van der Waals surface area contributed by atoms with E-state index in [1.54, 1.807) is 23.7 Å². The number of carbonyl (C=O) groups is 1. The van der Waals surface area contributed by atoms with E-state index in [1.807, 2.05) is 29.0 Å². The lowest BCUT2D eigenvalue weighted by atomic mass is 10.1. The first kappa shape index (κ1) is 12.7. The molecular weight excluding hydrogens is 248 g/mol. The molecule has 0 aliphatic heterocycles. The van der Waals surface area contributed by atoms with Crippen LogP contribution in [0.1, 0.15) is 17.2 Å². The van der Waals surface area contributed by atoms with Crippen molar-refractivity contribution in [3.05, 3.63) is 52.5 Å². The molecule has 0 unspecified atom stereocenters. The summed E-state index contributed by atoms with van der Waals surface area (Å²) in [7, 11) is 1.40. The van der Waals surface area contributed by atoms with Crippen LogP contribution in [0.25, 0.3) is 0 Å². The molecule has 0 saturated heterocycles. The maximum atomic E-state index is 11.7. The van der Waals surface area contributed by atoms with E-state index < -0.39 is 6.04 Å². The summed E-state index contributed by atoms with van der Waals surface area (Å²) in [5.41, 5.74) is 1.96. The molecule has 0 bridgehead atoms. The van der Waals surface area contributed by atoms with Crippen molar-refractivity contribution in [2.75, 3.05) is 7.11 Å². The van der Waals surface area contributed by atoms with Crippen molar-refractivity contribution >= 4 is 17.3 Å². The van der Waals surface area contributed by atoms with Gasteiger partial charge in [-0.05, 0) is 34.0 Å². The smallest absolute Gasteiger partial charge is 0.327 e. The molecule has 0 aliphatic carbocycles. The Kier molecular flexibility index (Phi) is 4.44. The summed E-state index contributed by atoms with van der Waals surface area (Å²) in [6.07, 6.45) is 3.50. The number of ether oxygens (including phenoxy) is 1. The average molecular weight is 262 g/mol. The number of rotatable bonds is 5. The van der Waals surface area contributed by atoms with Gasteiger partial charge in [0.15, 0.2) is 0 Å². The Morgan fingerprint density at radius 1 is 1.56 bits per heavy atom. The summed E-state index contributed by atoms with van der Waals surface area (Å²) in [5, 5.41) is 7.07. The van der Waals surface area contributed by atoms with Gasteiger partial charge in [-0.15, -0.1) is 0 Å². The minimum absolute atomic E-state index is 0.280. The van der Waals surface area contributed by atoms with Crippen LogP contribution in [0.2, 0.25) is 0 Å². The topological polar surface area (TPSA) is 51.2 Å². The van der Waals surface area contributed by atoms with E-state index in [1.165, 1.54) is 7.11 Å². The van der Waals surface area contributed by atoms with Gasteiger partial charge in [-0.3, -0.25) is 10.3 Å². The Bertz CT molecular complexity index is 485. The van der Waals surface area contributed by atoms with Crippen LogP contribution in [0.5, 0.6) is 0 Å². The summed E-state index contributed by atoms with van der Waals surface area (Å²) in [5.74, 6) is -0.280. The highest BCUT2D eigenvalue weighted by molar-refractivity contribution is 7.08. The Labute approximate surface area is 110 Å². The fourth-order valence-corrected chi connectivity index (χ4v) is 2.30. The second-order valence-electron chi connectivity index (χ2n) is 3.76. The summed E-state index contributed by atoms with van der Waals surface area (Å²) < 4.78 is 4.81. The number of hydrogen-bond acceptors (Lipinski definition) is 5. The van der Waals surface area contributed by atoms with E-state index >= 15 is 0 Å². The van der Waals surface area contributed by atoms with Gasteiger partial charge in [0.25, 0.3) is 0 Å². The largest absolute Gasteiger partial charge is 0.468 e. The monoisotopic (exact) mass is 262 g/mol. The molecule has 0 aliphatic rings. The average Bonchev–Trinajstić information content (AvgIpc) is 2.94. The zero-order chi connectivity index (χ0) is 12.8. The minimum Gasteiger partial charge on any atom is -0.468 e. The number of pyridine rings is 1. The van der Waals surface area contributed by atoms with Crippen LogP contribution in [0.3, 0.4) is 0 Å². The van der Waals surface area contributed by atoms with Gasteiger partial charge >= 0.3 is 5.97 Å². The summed E-state index contributed by atoms with van der Waals surface area (Å²) in [6, 6.07) is 5.32. The van der Waals surface area contributed by atoms with Crippen LogP contribution < -0.4 is 5.32 Å². The molecule has 0 amide bonds. The molecule has 0 aromatic carbocycles. The van der Waals surface area contributed by atoms with Crippen LogP contribution in [0.4, 0.5) is 0 Å². The Hall–Kier alpha value is -1.72. The first-order chi connectivity index (χ1) is 8.81. The predicted molar refractivity (Wildman–Crippen MR) is 70.2 cm³/mol. The molecule has 0 radical (unpaired) electrons. The van der Waals surface area contributed by atoms with Crippen LogP contribution in [-0.4, -0.2) is 18.1 Å². The van der Waals surface area contributed by atoms with E-state index in [4.69, 9.17) is 4.74 Å². The number of hydrogen-bond donors (Lipinski definition) is 1. The lowest BCUT2D eigenvalue weighted by Crippen LogP contribution is -2.28. The van der Waals surface area contributed by atoms with Gasteiger partial charge in [-0.2, -0.15) is 11.3 Å². The van der Waals surface area contributed by atoms with E-state index in [0.29, 0.717) is 6.54 Å². The van der Waals surface area contributed by atoms with Gasteiger partial charge in [0.1, 0.15) is 6.04 Å². The summed E-state index contributed by atoms with van der Waals surface area (Å²) in [4.78, 5) is 15.8. The van der Waals surface area contributed by atoms with Crippen LogP contribution >= 0.6 is 11.3 Å². The maximum Gasteiger partial charge on any atom is 0.327 e. The predicted octanol–water partition coefficient (Wildman–Crippen LogP) is 2.15. The van der Waals surface area contributed by atoms with Gasteiger partial charge in [-0.25, -0.2) is 4.79 Å². The number of thiophene rings is 1. The third-order valence-corrected chi connectivity index (χ3v) is 3.25. The quantitative estimate of drug-likeness (QED) is 0.839. The highest BCUT2D eigenvalue weighted by atomic mass is 32.1. The van der Waals surface area contributed by atoms with Crippen molar-refractivity contribution in [1.29, 1.82) is 0 Å². The number of nitrogens with one attached hydrogen (secondary N) is 1. The van der Waals surface area contributed by atoms with E-state index in [9.17, 15) is 4.79 Å². The number of aromatic nitrogens is 1. The van der Waals surface area contributed by atoms with Gasteiger partial charge in [-0.1, -0.05) is 6.07 Å². The highest BCUT2D eigenvalue weighted by Crippen LogP contribution is 2.18. The molecule has 0 spiro atoms. The first-order valence-corrected chi connectivity index (χ1v) is 6.47. The second kappa shape index (κ2) is 6.28. The molecule has 2 aromatic rings. The van der Waals surface area contributed by atoms with Crippen molar-refractivity contribution in [1.82, 2.24) is 10.3 Å². The fourth-order valence-electron chi connectivity index (χ4n) is 1.62. The van der Waals surface area contributed by atoms with Gasteiger partial charge in [0, 0.05) is 18.9 Å². The Balaban J connectivity index is 2.05. The molecule has 94 valence electrons. The van der Waals surface area contributed by atoms with E-state index in [2.05, 4.69) is 10.3 Å².